The number of aromatic nitrogens is 2. The summed E-state index contributed by atoms with van der Waals surface area (Å²) in [6.07, 6.45) is -1.95. The van der Waals surface area contributed by atoms with Crippen LogP contribution in [0, 0.1) is 0 Å². The number of amides is 1. The minimum Gasteiger partial charge on any atom is -0.410 e. The molecule has 0 saturated carbocycles. The van der Waals surface area contributed by atoms with Crippen molar-refractivity contribution < 1.29 is 24.5 Å². The van der Waals surface area contributed by atoms with Gasteiger partial charge in [-0.25, -0.2) is 9.78 Å². The highest BCUT2D eigenvalue weighted by Gasteiger charge is 2.44. The van der Waals surface area contributed by atoms with Crippen LogP contribution in [0.2, 0.25) is 25.7 Å². The van der Waals surface area contributed by atoms with E-state index >= 15 is 0 Å². The third-order valence-corrected chi connectivity index (χ3v) is 6.66. The van der Waals surface area contributed by atoms with E-state index in [1.165, 1.54) is 0 Å². The highest BCUT2D eigenvalue weighted by Crippen LogP contribution is 2.37. The average molecular weight is 420 g/mol. The Balaban J connectivity index is 1.73. The molecular formula is C20H29N3O5Si. The van der Waals surface area contributed by atoms with Crippen LogP contribution in [0.3, 0.4) is 0 Å². The van der Waals surface area contributed by atoms with E-state index in [-0.39, 0.29) is 6.73 Å². The highest BCUT2D eigenvalue weighted by atomic mass is 28.3. The molecule has 3 rings (SSSR count). The van der Waals surface area contributed by atoms with Crippen molar-refractivity contribution in [2.75, 3.05) is 6.61 Å². The molecule has 2 aromatic rings. The summed E-state index contributed by atoms with van der Waals surface area (Å²) in [6.45, 7) is 9.44. The van der Waals surface area contributed by atoms with Gasteiger partial charge in [-0.1, -0.05) is 37.8 Å². The zero-order valence-electron chi connectivity index (χ0n) is 17.3. The van der Waals surface area contributed by atoms with E-state index < -0.39 is 32.5 Å². The van der Waals surface area contributed by atoms with Crippen molar-refractivity contribution in [3.8, 4) is 5.75 Å². The molecule has 3 atom stereocenters. The molecule has 3 unspecified atom stereocenters. The average Bonchev–Trinajstić information content (AvgIpc) is 3.08. The number of imidazole rings is 1. The van der Waals surface area contributed by atoms with Gasteiger partial charge in [-0.05, 0) is 25.1 Å². The van der Waals surface area contributed by atoms with Crippen LogP contribution >= 0.6 is 0 Å². The maximum atomic E-state index is 12.6. The number of carbonyl (C=O) groups excluding carboxylic acids is 1. The molecule has 29 heavy (non-hydrogen) atoms. The third kappa shape index (κ3) is 4.87. The van der Waals surface area contributed by atoms with E-state index in [1.807, 2.05) is 6.07 Å². The normalized spacial score (nSPS) is 21.7. The van der Waals surface area contributed by atoms with Crippen LogP contribution in [0.15, 0.2) is 36.7 Å². The van der Waals surface area contributed by atoms with Crippen LogP contribution in [-0.4, -0.2) is 51.7 Å². The van der Waals surface area contributed by atoms with Gasteiger partial charge in [0.15, 0.2) is 6.23 Å². The molecule has 2 N–H and O–H groups in total. The second-order valence-electron chi connectivity index (χ2n) is 8.46. The summed E-state index contributed by atoms with van der Waals surface area (Å²) in [5.74, 6) is 0.360. The fourth-order valence-electron chi connectivity index (χ4n) is 3.26. The molecule has 1 aromatic heterocycles. The van der Waals surface area contributed by atoms with Crippen molar-refractivity contribution in [1.82, 2.24) is 14.5 Å². The quantitative estimate of drug-likeness (QED) is 0.552. The number of ether oxygens (including phenoxy) is 2. The molecule has 1 aromatic carbocycles. The lowest BCUT2D eigenvalue weighted by molar-refractivity contribution is -0.101. The van der Waals surface area contributed by atoms with Gasteiger partial charge in [0.1, 0.15) is 18.6 Å². The molecule has 0 saturated heterocycles. The first-order valence-electron chi connectivity index (χ1n) is 9.73. The second kappa shape index (κ2) is 8.66. The maximum Gasteiger partial charge on any atom is 0.417 e. The fourth-order valence-corrected chi connectivity index (χ4v) is 4.01. The predicted molar refractivity (Wildman–Crippen MR) is 110 cm³/mol. The first kappa shape index (κ1) is 21.5. The first-order chi connectivity index (χ1) is 13.7. The van der Waals surface area contributed by atoms with Gasteiger partial charge in [-0.3, -0.25) is 4.90 Å². The summed E-state index contributed by atoms with van der Waals surface area (Å²) in [5, 5.41) is 21.3. The van der Waals surface area contributed by atoms with Gasteiger partial charge in [0.2, 0.25) is 0 Å². The molecule has 1 amide bonds. The van der Waals surface area contributed by atoms with Crippen molar-refractivity contribution in [3.05, 3.63) is 48.0 Å². The highest BCUT2D eigenvalue weighted by molar-refractivity contribution is 6.76. The van der Waals surface area contributed by atoms with Crippen molar-refractivity contribution >= 4 is 14.2 Å². The zero-order chi connectivity index (χ0) is 21.2. The third-order valence-electron chi connectivity index (χ3n) is 4.95. The van der Waals surface area contributed by atoms with Gasteiger partial charge >= 0.3 is 6.09 Å². The largest absolute Gasteiger partial charge is 0.417 e. The van der Waals surface area contributed by atoms with Crippen LogP contribution in [0.1, 0.15) is 30.5 Å². The molecule has 2 heterocycles. The number of para-hydroxylation sites is 1. The lowest BCUT2D eigenvalue weighted by Gasteiger charge is -2.39. The molecule has 0 spiro atoms. The standard InChI is InChI=1S/C20H29N3O5Si/c1-14-16-17(22(12-21-16)13-27-10-11-29(2,3)4)18(24)19(25)23(14)20(26)28-15-8-6-5-7-9-15/h5-9,12,14,18-19,24-25H,10-11,13H2,1-4H3. The lowest BCUT2D eigenvalue weighted by Crippen LogP contribution is -2.50. The summed E-state index contributed by atoms with van der Waals surface area (Å²) in [6, 6.07) is 9.06. The molecule has 158 valence electrons. The first-order valence-corrected chi connectivity index (χ1v) is 13.4. The smallest absolute Gasteiger partial charge is 0.410 e. The predicted octanol–water partition coefficient (Wildman–Crippen LogP) is 3.12. The van der Waals surface area contributed by atoms with Gasteiger partial charge in [0, 0.05) is 14.7 Å². The number of hydrogen-bond donors (Lipinski definition) is 2. The molecule has 0 fully saturated rings. The number of benzene rings is 1. The molecule has 1 aliphatic heterocycles. The summed E-state index contributed by atoms with van der Waals surface area (Å²) >= 11 is 0. The summed E-state index contributed by atoms with van der Waals surface area (Å²) < 4.78 is 12.8. The number of fused-ring (bicyclic) bond motifs is 1. The summed E-state index contributed by atoms with van der Waals surface area (Å²) in [4.78, 5) is 18.1. The SMILES string of the molecule is CC1c2ncn(COCC[Si](C)(C)C)c2C(O)C(O)N1C(=O)Oc1ccccc1. The number of aliphatic hydroxyl groups is 2. The molecule has 0 aliphatic carbocycles. The van der Waals surface area contributed by atoms with Crippen LogP contribution < -0.4 is 4.74 Å². The number of hydrogen-bond acceptors (Lipinski definition) is 6. The second-order valence-corrected chi connectivity index (χ2v) is 14.1. The van der Waals surface area contributed by atoms with Crippen molar-refractivity contribution in [2.45, 2.75) is 57.7 Å². The minimum atomic E-state index is -1.45. The van der Waals surface area contributed by atoms with Crippen LogP contribution in [0.4, 0.5) is 4.79 Å². The lowest BCUT2D eigenvalue weighted by atomic mass is 10.0. The molecule has 1 aliphatic rings. The van der Waals surface area contributed by atoms with Gasteiger partial charge in [-0.2, -0.15) is 0 Å². The summed E-state index contributed by atoms with van der Waals surface area (Å²) in [7, 11) is -1.19. The van der Waals surface area contributed by atoms with Gasteiger partial charge in [0.25, 0.3) is 0 Å². The fraction of sp³-hybridized carbons (Fsp3) is 0.500. The van der Waals surface area contributed by atoms with E-state index in [0.717, 1.165) is 10.9 Å². The Morgan fingerprint density at radius 3 is 2.55 bits per heavy atom. The number of carbonyl (C=O) groups is 1. The van der Waals surface area contributed by atoms with E-state index in [4.69, 9.17) is 9.47 Å². The van der Waals surface area contributed by atoms with E-state index in [0.29, 0.717) is 23.7 Å². The number of aliphatic hydroxyl groups excluding tert-OH is 2. The Morgan fingerprint density at radius 1 is 1.21 bits per heavy atom. The van der Waals surface area contributed by atoms with Gasteiger partial charge < -0.3 is 24.3 Å². The molecule has 8 nitrogen and oxygen atoms in total. The number of nitrogens with zero attached hydrogens (tertiary/aromatic N) is 3. The van der Waals surface area contributed by atoms with Crippen LogP contribution in [0.5, 0.6) is 5.75 Å². The summed E-state index contributed by atoms with van der Waals surface area (Å²) in [5.41, 5.74) is 0.975. The van der Waals surface area contributed by atoms with Crippen LogP contribution in [-0.2, 0) is 11.5 Å². The molecule has 0 radical (unpaired) electrons. The van der Waals surface area contributed by atoms with Crippen molar-refractivity contribution in [2.24, 2.45) is 0 Å². The Morgan fingerprint density at radius 2 is 1.90 bits per heavy atom. The van der Waals surface area contributed by atoms with Gasteiger partial charge in [0.05, 0.1) is 23.8 Å². The molecule has 9 heteroatoms. The van der Waals surface area contributed by atoms with E-state index in [2.05, 4.69) is 24.6 Å². The zero-order valence-corrected chi connectivity index (χ0v) is 18.3. The monoisotopic (exact) mass is 419 g/mol. The Labute approximate surface area is 171 Å². The Kier molecular flexibility index (Phi) is 6.42. The molecule has 0 bridgehead atoms. The van der Waals surface area contributed by atoms with Crippen molar-refractivity contribution in [1.29, 1.82) is 0 Å². The Hall–Kier alpha value is -2.20. The Bertz CT molecular complexity index is 836. The van der Waals surface area contributed by atoms with E-state index in [1.54, 1.807) is 42.1 Å². The number of rotatable bonds is 6. The molecular weight excluding hydrogens is 390 g/mol. The van der Waals surface area contributed by atoms with Crippen LogP contribution in [0.25, 0.3) is 0 Å². The van der Waals surface area contributed by atoms with Crippen molar-refractivity contribution in [3.63, 3.8) is 0 Å². The van der Waals surface area contributed by atoms with Gasteiger partial charge in [-0.15, -0.1) is 0 Å². The maximum absolute atomic E-state index is 12.6. The van der Waals surface area contributed by atoms with E-state index in [9.17, 15) is 15.0 Å². The topological polar surface area (TPSA) is 97.0 Å². The minimum absolute atomic E-state index is 0.234.